The Morgan fingerprint density at radius 1 is 1.74 bits per heavy atom. The molecule has 1 N–H and O–H groups in total. The van der Waals surface area contributed by atoms with Crippen molar-refractivity contribution in [3.63, 3.8) is 0 Å². The number of aromatic nitrogens is 1. The Hall–Kier alpha value is -2.20. The van der Waals surface area contributed by atoms with E-state index in [0.29, 0.717) is 13.2 Å². The number of nitrogens with zero attached hydrogens (tertiary/aromatic N) is 3. The van der Waals surface area contributed by atoms with Crippen LogP contribution < -0.4 is 5.32 Å². The average Bonchev–Trinajstić information content (AvgIpc) is 2.83. The molecule has 0 amide bonds. The normalized spacial score (nSPS) is 21.9. The molecule has 100 valence electrons. The molecule has 1 aliphatic heterocycles. The molecule has 0 bridgehead atoms. The summed E-state index contributed by atoms with van der Waals surface area (Å²) in [5, 5.41) is 22.8. The van der Waals surface area contributed by atoms with Crippen LogP contribution in [-0.2, 0) is 4.74 Å². The fraction of sp³-hybridized carbons (Fsp3) is 0.500. The van der Waals surface area contributed by atoms with E-state index in [-0.39, 0.29) is 22.7 Å². The third-order valence-electron chi connectivity index (χ3n) is 3.16. The summed E-state index contributed by atoms with van der Waals surface area (Å²) in [4.78, 5) is 14.4. The zero-order valence-electron chi connectivity index (χ0n) is 10.5. The minimum absolute atomic E-state index is 0.00000614. The molecule has 1 unspecified atom stereocenters. The van der Waals surface area contributed by atoms with Gasteiger partial charge < -0.3 is 10.1 Å². The fourth-order valence-corrected chi connectivity index (χ4v) is 2.11. The molecule has 1 aliphatic rings. The lowest BCUT2D eigenvalue weighted by atomic mass is 10.0. The molecule has 19 heavy (non-hydrogen) atoms. The largest absolute Gasteiger partial charge is 0.373 e. The van der Waals surface area contributed by atoms with Gasteiger partial charge in [-0.2, -0.15) is 5.26 Å². The topological polar surface area (TPSA) is 101 Å². The third-order valence-corrected chi connectivity index (χ3v) is 3.16. The van der Waals surface area contributed by atoms with Crippen molar-refractivity contribution in [2.24, 2.45) is 0 Å². The fourth-order valence-electron chi connectivity index (χ4n) is 2.11. The first kappa shape index (κ1) is 13.2. The van der Waals surface area contributed by atoms with E-state index < -0.39 is 4.92 Å². The van der Waals surface area contributed by atoms with Gasteiger partial charge in [0.2, 0.25) is 5.82 Å². The average molecular weight is 262 g/mol. The molecule has 1 saturated heterocycles. The lowest BCUT2D eigenvalue weighted by Crippen LogP contribution is -2.33. The van der Waals surface area contributed by atoms with Crippen LogP contribution in [-0.4, -0.2) is 28.7 Å². The predicted molar refractivity (Wildman–Crippen MR) is 67.7 cm³/mol. The highest BCUT2D eigenvalue weighted by Crippen LogP contribution is 2.29. The van der Waals surface area contributed by atoms with Crippen molar-refractivity contribution in [2.45, 2.75) is 25.4 Å². The molecule has 1 atom stereocenters. The van der Waals surface area contributed by atoms with Gasteiger partial charge in [-0.3, -0.25) is 10.1 Å². The van der Waals surface area contributed by atoms with Gasteiger partial charge in [0.05, 0.1) is 10.5 Å². The van der Waals surface area contributed by atoms with Gasteiger partial charge in [0.15, 0.2) is 0 Å². The summed E-state index contributed by atoms with van der Waals surface area (Å²) in [5.41, 5.74) is -0.621. The third kappa shape index (κ3) is 2.80. The highest BCUT2D eigenvalue weighted by Gasteiger charge is 2.31. The summed E-state index contributed by atoms with van der Waals surface area (Å²) in [6, 6.07) is 3.13. The zero-order valence-corrected chi connectivity index (χ0v) is 10.5. The van der Waals surface area contributed by atoms with Crippen molar-refractivity contribution in [1.29, 1.82) is 5.26 Å². The van der Waals surface area contributed by atoms with Crippen LogP contribution >= 0.6 is 0 Å². The van der Waals surface area contributed by atoms with E-state index >= 15 is 0 Å². The van der Waals surface area contributed by atoms with Crippen LogP contribution in [0.5, 0.6) is 0 Å². The number of nitrogens with one attached hydrogen (secondary N) is 1. The van der Waals surface area contributed by atoms with E-state index in [9.17, 15) is 10.1 Å². The summed E-state index contributed by atoms with van der Waals surface area (Å²) in [6.45, 7) is 3.08. The van der Waals surface area contributed by atoms with Gasteiger partial charge in [0, 0.05) is 19.3 Å². The Kier molecular flexibility index (Phi) is 3.62. The molecule has 7 heteroatoms. The van der Waals surface area contributed by atoms with Crippen LogP contribution in [0.15, 0.2) is 12.3 Å². The molecule has 1 aromatic rings. The number of hydrogen-bond donors (Lipinski definition) is 1. The molecule has 0 aromatic carbocycles. The summed E-state index contributed by atoms with van der Waals surface area (Å²) < 4.78 is 5.59. The molecule has 1 aromatic heterocycles. The number of rotatable bonds is 4. The van der Waals surface area contributed by atoms with Crippen LogP contribution in [0.2, 0.25) is 0 Å². The van der Waals surface area contributed by atoms with E-state index in [2.05, 4.69) is 10.3 Å². The van der Waals surface area contributed by atoms with Gasteiger partial charge in [-0.05, 0) is 25.8 Å². The smallest absolute Gasteiger partial charge is 0.328 e. The molecule has 2 heterocycles. The number of nitro groups is 1. The molecule has 0 radical (unpaired) electrons. The number of hydrogen-bond acceptors (Lipinski definition) is 6. The number of nitriles is 1. The second kappa shape index (κ2) is 5.20. The van der Waals surface area contributed by atoms with Gasteiger partial charge in [0.1, 0.15) is 11.6 Å². The van der Waals surface area contributed by atoms with Gasteiger partial charge in [-0.15, -0.1) is 0 Å². The monoisotopic (exact) mass is 262 g/mol. The number of ether oxygens (including phenoxy) is 1. The second-order valence-corrected chi connectivity index (χ2v) is 4.68. The summed E-state index contributed by atoms with van der Waals surface area (Å²) >= 11 is 0. The van der Waals surface area contributed by atoms with E-state index in [0.717, 1.165) is 12.8 Å². The highest BCUT2D eigenvalue weighted by molar-refractivity contribution is 5.64. The lowest BCUT2D eigenvalue weighted by molar-refractivity contribution is -0.384. The van der Waals surface area contributed by atoms with Crippen molar-refractivity contribution >= 4 is 11.5 Å². The Morgan fingerprint density at radius 3 is 3.11 bits per heavy atom. The maximum absolute atomic E-state index is 11.0. The first-order valence-corrected chi connectivity index (χ1v) is 5.97. The SMILES string of the molecule is CC1(CNc2nccc(C#N)c2[N+](=O)[O-])CCCO1. The van der Waals surface area contributed by atoms with Gasteiger partial charge >= 0.3 is 5.69 Å². The van der Waals surface area contributed by atoms with Gasteiger partial charge in [-0.1, -0.05) is 0 Å². The Morgan fingerprint density at radius 2 is 2.53 bits per heavy atom. The van der Waals surface area contributed by atoms with Crippen molar-refractivity contribution in [1.82, 2.24) is 4.98 Å². The first-order valence-electron chi connectivity index (χ1n) is 5.97. The van der Waals surface area contributed by atoms with Crippen molar-refractivity contribution in [3.8, 4) is 6.07 Å². The van der Waals surface area contributed by atoms with Crippen molar-refractivity contribution in [3.05, 3.63) is 27.9 Å². The maximum Gasteiger partial charge on any atom is 0.328 e. The Labute approximate surface area is 110 Å². The van der Waals surface area contributed by atoms with Gasteiger partial charge in [-0.25, -0.2) is 4.98 Å². The molecule has 1 fully saturated rings. The Bertz CT molecular complexity index is 532. The van der Waals surface area contributed by atoms with Crippen molar-refractivity contribution in [2.75, 3.05) is 18.5 Å². The molecule has 2 rings (SSSR count). The van der Waals surface area contributed by atoms with E-state index in [4.69, 9.17) is 10.00 Å². The highest BCUT2D eigenvalue weighted by atomic mass is 16.6. The quantitative estimate of drug-likeness (QED) is 0.656. The standard InChI is InChI=1S/C12H14N4O3/c1-12(4-2-6-19-12)8-15-11-10(16(17)18)9(7-13)3-5-14-11/h3,5H,2,4,6,8H2,1H3,(H,14,15). The summed E-state index contributed by atoms with van der Waals surface area (Å²) in [5.74, 6) is 0.112. The summed E-state index contributed by atoms with van der Waals surface area (Å²) in [6.07, 6.45) is 3.25. The maximum atomic E-state index is 11.0. The Balaban J connectivity index is 2.21. The van der Waals surface area contributed by atoms with Crippen LogP contribution in [0.3, 0.4) is 0 Å². The molecule has 7 nitrogen and oxygen atoms in total. The zero-order chi connectivity index (χ0) is 13.9. The van der Waals surface area contributed by atoms with Gasteiger partial charge in [0.25, 0.3) is 0 Å². The predicted octanol–water partition coefficient (Wildman–Crippen LogP) is 1.84. The van der Waals surface area contributed by atoms with Crippen LogP contribution in [0, 0.1) is 21.4 Å². The molecular formula is C12H14N4O3. The van der Waals surface area contributed by atoms with Crippen LogP contribution in [0.25, 0.3) is 0 Å². The van der Waals surface area contributed by atoms with Crippen LogP contribution in [0.4, 0.5) is 11.5 Å². The first-order chi connectivity index (χ1) is 9.06. The minimum atomic E-state index is -0.592. The summed E-state index contributed by atoms with van der Waals surface area (Å²) in [7, 11) is 0. The number of anilines is 1. The molecule has 0 saturated carbocycles. The molecular weight excluding hydrogens is 248 g/mol. The molecule has 0 spiro atoms. The van der Waals surface area contributed by atoms with E-state index in [1.807, 2.05) is 6.92 Å². The molecule has 0 aliphatic carbocycles. The van der Waals surface area contributed by atoms with E-state index in [1.54, 1.807) is 6.07 Å². The van der Waals surface area contributed by atoms with Crippen LogP contribution in [0.1, 0.15) is 25.3 Å². The van der Waals surface area contributed by atoms with Crippen molar-refractivity contribution < 1.29 is 9.66 Å². The number of pyridine rings is 1. The second-order valence-electron chi connectivity index (χ2n) is 4.68. The van der Waals surface area contributed by atoms with E-state index in [1.165, 1.54) is 12.3 Å². The minimum Gasteiger partial charge on any atom is -0.373 e. The lowest BCUT2D eigenvalue weighted by Gasteiger charge is -2.23.